The summed E-state index contributed by atoms with van der Waals surface area (Å²) in [6.45, 7) is 7.89. The zero-order chi connectivity index (χ0) is 32.3. The number of rotatable bonds is 35. The van der Waals surface area contributed by atoms with Crippen molar-refractivity contribution in [1.29, 1.82) is 0 Å². The molecule has 2 N–H and O–H groups in total. The Morgan fingerprint density at radius 1 is 0.489 bits per heavy atom. The van der Waals surface area contributed by atoms with Gasteiger partial charge in [-0.15, -0.1) is 0 Å². The van der Waals surface area contributed by atoms with Gasteiger partial charge in [-0.1, -0.05) is 96.8 Å². The summed E-state index contributed by atoms with van der Waals surface area (Å²) in [6, 6.07) is 7.27. The fraction of sp³-hybridized carbons (Fsp3) is 0.806. The number of benzene rings is 1. The van der Waals surface area contributed by atoms with Crippen molar-refractivity contribution in [1.82, 2.24) is 0 Å². The number of ether oxygens (including phenoxy) is 7. The molecule has 0 aromatic heterocycles. The van der Waals surface area contributed by atoms with Gasteiger partial charge in [0.1, 0.15) is 19.0 Å². The maximum absolute atomic E-state index is 11.9. The van der Waals surface area contributed by atoms with Gasteiger partial charge in [-0.2, -0.15) is 0 Å². The van der Waals surface area contributed by atoms with E-state index in [9.17, 15) is 4.79 Å². The zero-order valence-corrected chi connectivity index (χ0v) is 28.5. The molecule has 1 aromatic rings. The van der Waals surface area contributed by atoms with Crippen molar-refractivity contribution in [3.05, 3.63) is 24.3 Å². The highest BCUT2D eigenvalue weighted by molar-refractivity contribution is 5.69. The van der Waals surface area contributed by atoms with Crippen molar-refractivity contribution < 1.29 is 38.0 Å². The van der Waals surface area contributed by atoms with Crippen LogP contribution in [0.15, 0.2) is 24.3 Å². The van der Waals surface area contributed by atoms with E-state index in [-0.39, 0.29) is 5.97 Å². The van der Waals surface area contributed by atoms with Crippen LogP contribution < -0.4 is 10.5 Å². The summed E-state index contributed by atoms with van der Waals surface area (Å²) in [4.78, 5) is 11.9. The van der Waals surface area contributed by atoms with Crippen molar-refractivity contribution in [2.24, 2.45) is 0 Å². The molecule has 0 spiro atoms. The first kappa shape index (κ1) is 41.1. The molecule has 0 unspecified atom stereocenters. The molecule has 0 heterocycles. The Kier molecular flexibility index (Phi) is 30.6. The second-order valence-corrected chi connectivity index (χ2v) is 11.4. The maximum atomic E-state index is 11.9. The molecular formula is C36H65NO8. The van der Waals surface area contributed by atoms with Crippen LogP contribution in [-0.2, 0) is 33.2 Å². The van der Waals surface area contributed by atoms with Crippen LogP contribution in [0.25, 0.3) is 0 Å². The highest BCUT2D eigenvalue weighted by Crippen LogP contribution is 2.14. The third kappa shape index (κ3) is 30.5. The van der Waals surface area contributed by atoms with Gasteiger partial charge in [-0.05, 0) is 30.7 Å². The summed E-state index contributed by atoms with van der Waals surface area (Å²) < 4.78 is 38.2. The van der Waals surface area contributed by atoms with Gasteiger partial charge < -0.3 is 38.9 Å². The van der Waals surface area contributed by atoms with E-state index in [2.05, 4.69) is 6.92 Å². The van der Waals surface area contributed by atoms with Crippen LogP contribution in [0.3, 0.4) is 0 Å². The molecule has 0 fully saturated rings. The Bertz CT molecular complexity index is 749. The molecule has 262 valence electrons. The van der Waals surface area contributed by atoms with Crippen LogP contribution in [0.2, 0.25) is 0 Å². The highest BCUT2D eigenvalue weighted by Gasteiger charge is 2.03. The number of unbranched alkanes of at least 4 members (excludes halogenated alkanes) is 14. The monoisotopic (exact) mass is 639 g/mol. The van der Waals surface area contributed by atoms with Crippen molar-refractivity contribution >= 4 is 11.7 Å². The summed E-state index contributed by atoms with van der Waals surface area (Å²) >= 11 is 0. The summed E-state index contributed by atoms with van der Waals surface area (Å²) in [7, 11) is 0. The van der Waals surface area contributed by atoms with Crippen molar-refractivity contribution in [2.75, 3.05) is 85.0 Å². The van der Waals surface area contributed by atoms with Gasteiger partial charge in [-0.3, -0.25) is 4.79 Å². The van der Waals surface area contributed by atoms with Crippen molar-refractivity contribution in [3.63, 3.8) is 0 Å². The van der Waals surface area contributed by atoms with Crippen LogP contribution >= 0.6 is 0 Å². The quantitative estimate of drug-likeness (QED) is 0.0458. The van der Waals surface area contributed by atoms with Gasteiger partial charge in [0.25, 0.3) is 0 Å². The van der Waals surface area contributed by atoms with Gasteiger partial charge in [0.2, 0.25) is 0 Å². The van der Waals surface area contributed by atoms with Crippen LogP contribution in [0, 0.1) is 0 Å². The Labute approximate surface area is 274 Å². The second kappa shape index (κ2) is 33.5. The van der Waals surface area contributed by atoms with Crippen molar-refractivity contribution in [3.8, 4) is 5.75 Å². The molecule has 0 saturated carbocycles. The molecule has 0 amide bonds. The lowest BCUT2D eigenvalue weighted by atomic mass is 10.0. The number of nitrogens with two attached hydrogens (primary N) is 1. The number of carbonyl (C=O) groups excluding carboxylic acids is 1. The first-order valence-electron chi connectivity index (χ1n) is 17.7. The number of hydrogen-bond donors (Lipinski definition) is 1. The molecule has 0 aliphatic rings. The van der Waals surface area contributed by atoms with Gasteiger partial charge in [-0.25, -0.2) is 0 Å². The van der Waals surface area contributed by atoms with E-state index >= 15 is 0 Å². The van der Waals surface area contributed by atoms with Crippen LogP contribution in [0.4, 0.5) is 5.69 Å². The predicted octanol–water partition coefficient (Wildman–Crippen LogP) is 7.54. The minimum atomic E-state index is -0.127. The second-order valence-electron chi connectivity index (χ2n) is 11.4. The molecule has 0 atom stereocenters. The fourth-order valence-corrected chi connectivity index (χ4v) is 4.69. The number of hydrogen-bond acceptors (Lipinski definition) is 9. The molecule has 0 aliphatic heterocycles. The Morgan fingerprint density at radius 2 is 0.844 bits per heavy atom. The molecule has 1 rings (SSSR count). The minimum absolute atomic E-state index is 0.127. The summed E-state index contributed by atoms with van der Waals surface area (Å²) in [5, 5.41) is 0. The molecule has 0 bridgehead atoms. The number of carbonyl (C=O) groups is 1. The standard InChI is InChI=1S/C36H65NO8/c1-2-3-4-5-6-7-8-9-10-11-12-13-14-15-16-17-36(38)45-33-31-43-29-27-41-25-23-39-22-24-40-26-28-42-30-32-44-35-20-18-34(37)19-21-35/h18-21H,2-17,22-33,37H2,1H3. The number of anilines is 1. The molecule has 0 radical (unpaired) electrons. The van der Waals surface area contributed by atoms with Crippen molar-refractivity contribution in [2.45, 2.75) is 110 Å². The molecule has 9 nitrogen and oxygen atoms in total. The first-order valence-corrected chi connectivity index (χ1v) is 17.7. The van der Waals surface area contributed by atoms with Crippen LogP contribution in [-0.4, -0.2) is 85.3 Å². The lowest BCUT2D eigenvalue weighted by Gasteiger charge is -2.09. The Morgan fingerprint density at radius 3 is 1.27 bits per heavy atom. The zero-order valence-electron chi connectivity index (χ0n) is 28.5. The molecule has 1 aromatic carbocycles. The maximum Gasteiger partial charge on any atom is 0.305 e. The van der Waals surface area contributed by atoms with Gasteiger partial charge in [0, 0.05) is 12.1 Å². The van der Waals surface area contributed by atoms with Crippen LogP contribution in [0.5, 0.6) is 5.75 Å². The third-order valence-electron chi connectivity index (χ3n) is 7.34. The fourth-order valence-electron chi connectivity index (χ4n) is 4.69. The summed E-state index contributed by atoms with van der Waals surface area (Å²) in [5.74, 6) is 0.647. The smallest absolute Gasteiger partial charge is 0.305 e. The molecule has 9 heteroatoms. The largest absolute Gasteiger partial charge is 0.491 e. The van der Waals surface area contributed by atoms with E-state index in [1.165, 1.54) is 83.5 Å². The average molecular weight is 640 g/mol. The summed E-state index contributed by atoms with van der Waals surface area (Å²) in [6.07, 6.45) is 20.3. The molecule has 0 saturated heterocycles. The third-order valence-corrected chi connectivity index (χ3v) is 7.34. The lowest BCUT2D eigenvalue weighted by Crippen LogP contribution is -2.15. The predicted molar refractivity (Wildman–Crippen MR) is 181 cm³/mol. The van der Waals surface area contributed by atoms with Gasteiger partial charge in [0.15, 0.2) is 0 Å². The SMILES string of the molecule is CCCCCCCCCCCCCCCCCC(=O)OCCOCCOCCOCCOCCOCCOc1ccc(N)cc1. The van der Waals surface area contributed by atoms with E-state index in [1.54, 1.807) is 12.1 Å². The van der Waals surface area contributed by atoms with E-state index < -0.39 is 0 Å². The topological polar surface area (TPSA) is 108 Å². The molecular weight excluding hydrogens is 574 g/mol. The average Bonchev–Trinajstić information content (AvgIpc) is 3.04. The molecule has 0 aliphatic carbocycles. The van der Waals surface area contributed by atoms with Crippen LogP contribution in [0.1, 0.15) is 110 Å². The molecule has 45 heavy (non-hydrogen) atoms. The van der Waals surface area contributed by atoms with Gasteiger partial charge >= 0.3 is 5.97 Å². The Balaban J connectivity index is 1.68. The number of nitrogen functional groups attached to an aromatic ring is 1. The highest BCUT2D eigenvalue weighted by atomic mass is 16.6. The van der Waals surface area contributed by atoms with E-state index in [1.807, 2.05) is 12.1 Å². The van der Waals surface area contributed by atoms with E-state index in [0.29, 0.717) is 91.4 Å². The Hall–Kier alpha value is -1.91. The normalized spacial score (nSPS) is 11.2. The number of esters is 1. The van der Waals surface area contributed by atoms with E-state index in [0.717, 1.165) is 18.6 Å². The first-order chi connectivity index (χ1) is 22.2. The lowest BCUT2D eigenvalue weighted by molar-refractivity contribution is -0.145. The van der Waals surface area contributed by atoms with E-state index in [4.69, 9.17) is 38.9 Å². The van der Waals surface area contributed by atoms with Gasteiger partial charge in [0.05, 0.1) is 66.1 Å². The minimum Gasteiger partial charge on any atom is -0.491 e. The summed E-state index contributed by atoms with van der Waals surface area (Å²) in [5.41, 5.74) is 6.36.